The second-order valence-electron chi connectivity index (χ2n) is 5.28. The summed E-state index contributed by atoms with van der Waals surface area (Å²) in [4.78, 5) is 14.4. The lowest BCUT2D eigenvalue weighted by atomic mass is 10.1. The van der Waals surface area contributed by atoms with E-state index in [0.717, 1.165) is 31.6 Å². The van der Waals surface area contributed by atoms with Gasteiger partial charge in [-0.3, -0.25) is 4.79 Å². The molecular weight excluding hydrogens is 240 g/mol. The minimum absolute atomic E-state index is 0.0547. The normalized spacial score (nSPS) is 19.6. The van der Waals surface area contributed by atoms with Crippen molar-refractivity contribution in [1.29, 1.82) is 0 Å². The number of aromatic hydroxyl groups is 1. The lowest BCUT2D eigenvalue weighted by Gasteiger charge is -2.14. The van der Waals surface area contributed by atoms with Crippen molar-refractivity contribution in [2.24, 2.45) is 5.92 Å². The molecule has 0 spiro atoms. The molecule has 1 fully saturated rings. The summed E-state index contributed by atoms with van der Waals surface area (Å²) in [5.41, 5.74) is 1.30. The van der Waals surface area contributed by atoms with E-state index < -0.39 is 0 Å². The van der Waals surface area contributed by atoms with Crippen LogP contribution in [-0.2, 0) is 0 Å². The Hall–Kier alpha value is -1.55. The molecule has 1 amide bonds. The van der Waals surface area contributed by atoms with Crippen molar-refractivity contribution in [1.82, 2.24) is 10.2 Å². The Morgan fingerprint density at radius 1 is 1.53 bits per heavy atom. The summed E-state index contributed by atoms with van der Waals surface area (Å²) in [5.74, 6) is 0.392. The average molecular weight is 262 g/mol. The summed E-state index contributed by atoms with van der Waals surface area (Å²) in [6, 6.07) is 5.12. The number of phenolic OH excluding ortho intramolecular Hbond substituents is 1. The van der Waals surface area contributed by atoms with Crippen LogP contribution < -0.4 is 5.32 Å². The monoisotopic (exact) mass is 262 g/mol. The van der Waals surface area contributed by atoms with Crippen LogP contribution in [-0.4, -0.2) is 42.1 Å². The second-order valence-corrected chi connectivity index (χ2v) is 5.28. The summed E-state index contributed by atoms with van der Waals surface area (Å²) in [7, 11) is 0. The van der Waals surface area contributed by atoms with Gasteiger partial charge in [-0.2, -0.15) is 0 Å². The molecule has 1 saturated heterocycles. The summed E-state index contributed by atoms with van der Waals surface area (Å²) in [6.07, 6.45) is 1.13. The molecule has 1 unspecified atom stereocenters. The Morgan fingerprint density at radius 3 is 2.95 bits per heavy atom. The van der Waals surface area contributed by atoms with Crippen molar-refractivity contribution < 1.29 is 9.90 Å². The molecule has 1 aromatic rings. The van der Waals surface area contributed by atoms with E-state index in [2.05, 4.69) is 17.1 Å². The van der Waals surface area contributed by atoms with Crippen LogP contribution >= 0.6 is 0 Å². The zero-order valence-electron chi connectivity index (χ0n) is 11.6. The number of amides is 1. The SMILES string of the molecule is CCN1CCC(CNC(=O)c2ccc(C)cc2O)C1. The van der Waals surface area contributed by atoms with Crippen molar-refractivity contribution in [3.63, 3.8) is 0 Å². The molecule has 0 saturated carbocycles. The third kappa shape index (κ3) is 3.47. The molecule has 19 heavy (non-hydrogen) atoms. The standard InChI is InChI=1S/C15H22N2O2/c1-3-17-7-6-12(10-17)9-16-15(19)13-5-4-11(2)8-14(13)18/h4-5,8,12,18H,3,6-7,9-10H2,1-2H3,(H,16,19). The van der Waals surface area contributed by atoms with Crippen LogP contribution in [0.25, 0.3) is 0 Å². The van der Waals surface area contributed by atoms with Crippen LogP contribution in [0.5, 0.6) is 5.75 Å². The van der Waals surface area contributed by atoms with Crippen molar-refractivity contribution >= 4 is 5.91 Å². The molecule has 1 aromatic carbocycles. The molecule has 0 aromatic heterocycles. The van der Waals surface area contributed by atoms with Crippen molar-refractivity contribution in [2.45, 2.75) is 20.3 Å². The highest BCUT2D eigenvalue weighted by molar-refractivity contribution is 5.96. The largest absolute Gasteiger partial charge is 0.507 e. The molecule has 1 aliphatic heterocycles. The first-order chi connectivity index (χ1) is 9.10. The van der Waals surface area contributed by atoms with Crippen LogP contribution in [0.15, 0.2) is 18.2 Å². The average Bonchev–Trinajstić information content (AvgIpc) is 2.84. The highest BCUT2D eigenvalue weighted by atomic mass is 16.3. The van der Waals surface area contributed by atoms with Gasteiger partial charge in [0.15, 0.2) is 0 Å². The Kier molecular flexibility index (Phi) is 4.43. The van der Waals surface area contributed by atoms with E-state index in [1.807, 2.05) is 13.0 Å². The number of carbonyl (C=O) groups is 1. The number of rotatable bonds is 4. The van der Waals surface area contributed by atoms with Gasteiger partial charge in [0, 0.05) is 13.1 Å². The van der Waals surface area contributed by atoms with Gasteiger partial charge in [-0.25, -0.2) is 0 Å². The predicted molar refractivity (Wildman–Crippen MR) is 75.4 cm³/mol. The first kappa shape index (κ1) is 13.9. The molecular formula is C15H22N2O2. The number of nitrogens with one attached hydrogen (secondary N) is 1. The topological polar surface area (TPSA) is 52.6 Å². The zero-order chi connectivity index (χ0) is 13.8. The third-order valence-electron chi connectivity index (χ3n) is 3.77. The summed E-state index contributed by atoms with van der Waals surface area (Å²) >= 11 is 0. The van der Waals surface area contributed by atoms with E-state index in [9.17, 15) is 9.90 Å². The second kappa shape index (κ2) is 6.06. The van der Waals surface area contributed by atoms with Gasteiger partial charge >= 0.3 is 0 Å². The maximum absolute atomic E-state index is 12.0. The smallest absolute Gasteiger partial charge is 0.255 e. The zero-order valence-corrected chi connectivity index (χ0v) is 11.6. The van der Waals surface area contributed by atoms with Crippen LogP contribution in [0.4, 0.5) is 0 Å². The Morgan fingerprint density at radius 2 is 2.32 bits per heavy atom. The number of aryl methyl sites for hydroxylation is 1. The van der Waals surface area contributed by atoms with E-state index in [1.54, 1.807) is 12.1 Å². The minimum Gasteiger partial charge on any atom is -0.507 e. The number of hydrogen-bond acceptors (Lipinski definition) is 3. The van der Waals surface area contributed by atoms with Crippen LogP contribution in [0.3, 0.4) is 0 Å². The molecule has 4 heteroatoms. The van der Waals surface area contributed by atoms with Gasteiger partial charge in [0.1, 0.15) is 5.75 Å². The predicted octanol–water partition coefficient (Wildman–Crippen LogP) is 1.77. The minimum atomic E-state index is -0.188. The van der Waals surface area contributed by atoms with E-state index in [4.69, 9.17) is 0 Å². The van der Waals surface area contributed by atoms with Crippen LogP contribution in [0, 0.1) is 12.8 Å². The molecule has 1 aliphatic rings. The Balaban J connectivity index is 1.88. The summed E-state index contributed by atoms with van der Waals surface area (Å²) in [5, 5.41) is 12.7. The number of carbonyl (C=O) groups excluding carboxylic acids is 1. The third-order valence-corrected chi connectivity index (χ3v) is 3.77. The lowest BCUT2D eigenvalue weighted by Crippen LogP contribution is -2.31. The van der Waals surface area contributed by atoms with Gasteiger partial charge in [-0.1, -0.05) is 13.0 Å². The van der Waals surface area contributed by atoms with Gasteiger partial charge in [-0.15, -0.1) is 0 Å². The fourth-order valence-electron chi connectivity index (χ4n) is 2.53. The molecule has 0 bridgehead atoms. The van der Waals surface area contributed by atoms with Gasteiger partial charge in [-0.05, 0) is 50.0 Å². The van der Waals surface area contributed by atoms with Crippen LogP contribution in [0.2, 0.25) is 0 Å². The number of hydrogen-bond donors (Lipinski definition) is 2. The maximum Gasteiger partial charge on any atom is 0.255 e. The summed E-state index contributed by atoms with van der Waals surface area (Å²) in [6.45, 7) is 7.97. The number of phenols is 1. The number of benzene rings is 1. The molecule has 1 atom stereocenters. The Labute approximate surface area is 114 Å². The van der Waals surface area contributed by atoms with E-state index in [0.29, 0.717) is 18.0 Å². The highest BCUT2D eigenvalue weighted by Crippen LogP contribution is 2.19. The number of likely N-dealkylation sites (tertiary alicyclic amines) is 1. The first-order valence-corrected chi connectivity index (χ1v) is 6.90. The maximum atomic E-state index is 12.0. The van der Waals surface area contributed by atoms with Gasteiger partial charge in [0.2, 0.25) is 0 Å². The van der Waals surface area contributed by atoms with Crippen molar-refractivity contribution in [3.05, 3.63) is 29.3 Å². The molecule has 2 N–H and O–H groups in total. The molecule has 1 heterocycles. The van der Waals surface area contributed by atoms with Crippen molar-refractivity contribution in [2.75, 3.05) is 26.2 Å². The lowest BCUT2D eigenvalue weighted by molar-refractivity contribution is 0.0945. The van der Waals surface area contributed by atoms with E-state index in [1.165, 1.54) is 0 Å². The molecule has 2 rings (SSSR count). The fraction of sp³-hybridized carbons (Fsp3) is 0.533. The molecule has 4 nitrogen and oxygen atoms in total. The molecule has 104 valence electrons. The van der Waals surface area contributed by atoms with Gasteiger partial charge in [0.05, 0.1) is 5.56 Å². The number of nitrogens with zero attached hydrogens (tertiary/aromatic N) is 1. The van der Waals surface area contributed by atoms with Crippen LogP contribution in [0.1, 0.15) is 29.3 Å². The fourth-order valence-corrected chi connectivity index (χ4v) is 2.53. The quantitative estimate of drug-likeness (QED) is 0.869. The highest BCUT2D eigenvalue weighted by Gasteiger charge is 2.22. The first-order valence-electron chi connectivity index (χ1n) is 6.90. The Bertz CT molecular complexity index is 459. The van der Waals surface area contributed by atoms with Crippen molar-refractivity contribution in [3.8, 4) is 5.75 Å². The van der Waals surface area contributed by atoms with Gasteiger partial charge in [0.25, 0.3) is 5.91 Å². The summed E-state index contributed by atoms with van der Waals surface area (Å²) < 4.78 is 0. The molecule has 0 radical (unpaired) electrons. The van der Waals surface area contributed by atoms with Gasteiger partial charge < -0.3 is 15.3 Å². The van der Waals surface area contributed by atoms with E-state index in [-0.39, 0.29) is 11.7 Å². The van der Waals surface area contributed by atoms with E-state index >= 15 is 0 Å². The molecule has 0 aliphatic carbocycles.